The molecule has 1 aliphatic rings. The van der Waals surface area contributed by atoms with E-state index in [-0.39, 0.29) is 0 Å². The smallest absolute Gasteiger partial charge is 0.222 e. The van der Waals surface area contributed by atoms with E-state index in [0.717, 1.165) is 55.4 Å². The minimum Gasteiger partial charge on any atom is -0.492 e. The molecule has 0 aliphatic carbocycles. The van der Waals surface area contributed by atoms with E-state index in [1.54, 1.807) is 0 Å². The van der Waals surface area contributed by atoms with Crippen molar-refractivity contribution in [3.8, 4) is 5.75 Å². The quantitative estimate of drug-likeness (QED) is 0.533. The summed E-state index contributed by atoms with van der Waals surface area (Å²) in [4.78, 5) is 11.3. The molecule has 3 rings (SSSR count). The molecule has 0 spiro atoms. The molecule has 0 atom stereocenters. The molecule has 1 saturated heterocycles. The predicted molar refractivity (Wildman–Crippen MR) is 124 cm³/mol. The zero-order valence-electron chi connectivity index (χ0n) is 18.6. The summed E-state index contributed by atoms with van der Waals surface area (Å²) in [5, 5.41) is 3.46. The van der Waals surface area contributed by atoms with Crippen LogP contribution < -0.4 is 15.8 Å². The van der Waals surface area contributed by atoms with E-state index in [9.17, 15) is 0 Å². The van der Waals surface area contributed by atoms with E-state index < -0.39 is 0 Å². The van der Waals surface area contributed by atoms with Crippen molar-refractivity contribution in [3.05, 3.63) is 41.1 Å². The number of likely N-dealkylation sites (tertiary alicyclic amines) is 1. The first-order valence-corrected chi connectivity index (χ1v) is 11.5. The van der Waals surface area contributed by atoms with Crippen LogP contribution in [0.25, 0.3) is 0 Å². The fourth-order valence-electron chi connectivity index (χ4n) is 3.94. The van der Waals surface area contributed by atoms with Crippen molar-refractivity contribution in [3.63, 3.8) is 0 Å². The van der Waals surface area contributed by atoms with Crippen LogP contribution in [0.5, 0.6) is 5.75 Å². The summed E-state index contributed by atoms with van der Waals surface area (Å²) < 4.78 is 5.96. The molecule has 30 heavy (non-hydrogen) atoms. The summed E-state index contributed by atoms with van der Waals surface area (Å²) in [6.07, 6.45) is 8.32. The van der Waals surface area contributed by atoms with E-state index >= 15 is 0 Å². The molecule has 3 N–H and O–H groups in total. The lowest BCUT2D eigenvalue weighted by atomic mass is 10.0. The first-order chi connectivity index (χ1) is 14.7. The number of nitrogens with zero attached hydrogens (tertiary/aromatic N) is 3. The van der Waals surface area contributed by atoms with Gasteiger partial charge in [-0.2, -0.15) is 4.98 Å². The Labute approximate surface area is 181 Å². The molecule has 1 aliphatic heterocycles. The number of rotatable bonds is 11. The van der Waals surface area contributed by atoms with Crippen LogP contribution in [0.2, 0.25) is 0 Å². The van der Waals surface area contributed by atoms with Gasteiger partial charge >= 0.3 is 0 Å². The van der Waals surface area contributed by atoms with Crippen molar-refractivity contribution in [1.29, 1.82) is 0 Å². The van der Waals surface area contributed by atoms with Gasteiger partial charge in [0.05, 0.1) is 0 Å². The molecule has 1 fully saturated rings. The zero-order chi connectivity index (χ0) is 21.2. The van der Waals surface area contributed by atoms with Crippen LogP contribution in [0.15, 0.2) is 24.3 Å². The summed E-state index contributed by atoms with van der Waals surface area (Å²) >= 11 is 0. The second kappa shape index (κ2) is 11.7. The monoisotopic (exact) mass is 411 g/mol. The highest BCUT2D eigenvalue weighted by Crippen LogP contribution is 2.23. The Morgan fingerprint density at radius 3 is 2.57 bits per heavy atom. The van der Waals surface area contributed by atoms with Crippen molar-refractivity contribution in [2.45, 2.75) is 58.8 Å². The van der Waals surface area contributed by atoms with Gasteiger partial charge in [-0.05, 0) is 57.0 Å². The third-order valence-electron chi connectivity index (χ3n) is 5.73. The summed E-state index contributed by atoms with van der Waals surface area (Å²) in [7, 11) is 0. The van der Waals surface area contributed by atoms with Crippen LogP contribution >= 0.6 is 0 Å². The zero-order valence-corrected chi connectivity index (χ0v) is 18.6. The number of hydrogen-bond acceptors (Lipinski definition) is 6. The van der Waals surface area contributed by atoms with Crippen LogP contribution in [-0.2, 0) is 6.42 Å². The van der Waals surface area contributed by atoms with Gasteiger partial charge in [-0.25, -0.2) is 4.98 Å². The van der Waals surface area contributed by atoms with Crippen LogP contribution in [0.4, 0.5) is 11.8 Å². The minimum atomic E-state index is 0.326. The van der Waals surface area contributed by atoms with Gasteiger partial charge in [0.15, 0.2) is 0 Å². The van der Waals surface area contributed by atoms with Gasteiger partial charge in [0.2, 0.25) is 5.95 Å². The Hall–Kier alpha value is -2.34. The lowest BCUT2D eigenvalue weighted by Gasteiger charge is -2.26. The molecule has 2 aromatic rings. The SMILES string of the molecule is CCCCCNc1nc(N)nc(C)c1Cc1ccc(OCCN2CCCCC2)cc1. The molecular weight excluding hydrogens is 374 g/mol. The third kappa shape index (κ3) is 6.87. The van der Waals surface area contributed by atoms with Crippen LogP contribution in [0.3, 0.4) is 0 Å². The molecular formula is C24H37N5O. The average molecular weight is 412 g/mol. The van der Waals surface area contributed by atoms with E-state index in [4.69, 9.17) is 10.5 Å². The standard InChI is InChI=1S/C24H37N5O/c1-3-4-6-13-26-23-22(19(2)27-24(25)28-23)18-20-9-11-21(12-10-20)30-17-16-29-14-7-5-8-15-29/h9-12H,3-8,13-18H2,1-2H3,(H3,25,26,27,28). The molecule has 0 saturated carbocycles. The maximum absolute atomic E-state index is 5.96. The first kappa shape index (κ1) is 22.3. The van der Waals surface area contributed by atoms with E-state index in [2.05, 4.69) is 51.4 Å². The van der Waals surface area contributed by atoms with Gasteiger partial charge in [0.25, 0.3) is 0 Å². The minimum absolute atomic E-state index is 0.326. The Morgan fingerprint density at radius 1 is 1.07 bits per heavy atom. The molecule has 0 amide bonds. The second-order valence-corrected chi connectivity index (χ2v) is 8.20. The van der Waals surface area contributed by atoms with Gasteiger partial charge in [-0.3, -0.25) is 4.90 Å². The molecule has 6 nitrogen and oxygen atoms in total. The number of ether oxygens (including phenoxy) is 1. The van der Waals surface area contributed by atoms with Crippen molar-refractivity contribution in [2.24, 2.45) is 0 Å². The lowest BCUT2D eigenvalue weighted by molar-refractivity contribution is 0.183. The number of nitrogens with two attached hydrogens (primary N) is 1. The van der Waals surface area contributed by atoms with Gasteiger partial charge in [0.1, 0.15) is 18.2 Å². The number of hydrogen-bond donors (Lipinski definition) is 2. The first-order valence-electron chi connectivity index (χ1n) is 11.5. The maximum Gasteiger partial charge on any atom is 0.222 e. The average Bonchev–Trinajstić information content (AvgIpc) is 2.75. The highest BCUT2D eigenvalue weighted by molar-refractivity contribution is 5.51. The van der Waals surface area contributed by atoms with Crippen molar-refractivity contribution in [1.82, 2.24) is 14.9 Å². The van der Waals surface area contributed by atoms with Crippen molar-refractivity contribution >= 4 is 11.8 Å². The maximum atomic E-state index is 5.96. The van der Waals surface area contributed by atoms with Crippen LogP contribution in [0, 0.1) is 6.92 Å². The molecule has 1 aromatic carbocycles. The molecule has 0 bridgehead atoms. The molecule has 2 heterocycles. The molecule has 0 unspecified atom stereocenters. The number of piperidine rings is 1. The summed E-state index contributed by atoms with van der Waals surface area (Å²) in [5.41, 5.74) is 9.15. The van der Waals surface area contributed by atoms with E-state index in [1.807, 2.05) is 6.92 Å². The summed E-state index contributed by atoms with van der Waals surface area (Å²) in [6, 6.07) is 8.39. The van der Waals surface area contributed by atoms with Gasteiger partial charge in [0, 0.05) is 30.8 Å². The second-order valence-electron chi connectivity index (χ2n) is 8.20. The normalized spacial score (nSPS) is 14.6. The van der Waals surface area contributed by atoms with Crippen LogP contribution in [-0.4, -0.2) is 47.7 Å². The number of aryl methyl sites for hydroxylation is 1. The Morgan fingerprint density at radius 2 is 1.83 bits per heavy atom. The summed E-state index contributed by atoms with van der Waals surface area (Å²) in [6.45, 7) is 9.29. The Bertz CT molecular complexity index is 772. The molecule has 164 valence electrons. The van der Waals surface area contributed by atoms with Gasteiger partial charge < -0.3 is 15.8 Å². The highest BCUT2D eigenvalue weighted by atomic mass is 16.5. The number of unbranched alkanes of at least 4 members (excludes halogenated alkanes) is 2. The number of aromatic nitrogens is 2. The number of benzene rings is 1. The predicted octanol–water partition coefficient (Wildman–Crippen LogP) is 4.42. The third-order valence-corrected chi connectivity index (χ3v) is 5.73. The van der Waals surface area contributed by atoms with Gasteiger partial charge in [-0.1, -0.05) is 38.3 Å². The summed E-state index contributed by atoms with van der Waals surface area (Å²) in [5.74, 6) is 2.11. The number of nitrogens with one attached hydrogen (secondary N) is 1. The van der Waals surface area contributed by atoms with Gasteiger partial charge in [-0.15, -0.1) is 0 Å². The van der Waals surface area contributed by atoms with Crippen LogP contribution in [0.1, 0.15) is 62.3 Å². The Balaban J connectivity index is 1.56. The molecule has 0 radical (unpaired) electrons. The molecule has 6 heteroatoms. The topological polar surface area (TPSA) is 76.3 Å². The fourth-order valence-corrected chi connectivity index (χ4v) is 3.94. The van der Waals surface area contributed by atoms with Crippen molar-refractivity contribution < 1.29 is 4.74 Å². The van der Waals surface area contributed by atoms with Crippen molar-refractivity contribution in [2.75, 3.05) is 43.8 Å². The van der Waals surface area contributed by atoms with E-state index in [0.29, 0.717) is 5.95 Å². The fraction of sp³-hybridized carbons (Fsp3) is 0.583. The van der Waals surface area contributed by atoms with E-state index in [1.165, 1.54) is 50.8 Å². The lowest BCUT2D eigenvalue weighted by Crippen LogP contribution is -2.33. The Kier molecular flexibility index (Phi) is 8.75. The number of anilines is 2. The molecule has 1 aromatic heterocycles. The highest BCUT2D eigenvalue weighted by Gasteiger charge is 2.12. The largest absolute Gasteiger partial charge is 0.492 e. The number of nitrogen functional groups attached to an aromatic ring is 1.